The Kier molecular flexibility index (Phi) is 6.86. The Morgan fingerprint density at radius 3 is 1.62 bits per heavy atom. The van der Waals surface area contributed by atoms with Crippen LogP contribution < -0.4 is 5.73 Å². The van der Waals surface area contributed by atoms with Crippen molar-refractivity contribution in [2.24, 2.45) is 5.73 Å². The first kappa shape index (κ1) is 9.79. The normalized spacial score (nSPS) is 6.00. The first-order valence-electron chi connectivity index (χ1n) is 1.49. The van der Waals surface area contributed by atoms with Crippen molar-refractivity contribution in [1.82, 2.24) is 0 Å². The van der Waals surface area contributed by atoms with Crippen LogP contribution in [0.5, 0.6) is 0 Å². The first-order valence-corrected chi connectivity index (χ1v) is 1.49. The monoisotopic (exact) mass is 119 g/mol. The molecule has 0 fully saturated rings. The summed E-state index contributed by atoms with van der Waals surface area (Å²) in [6.45, 7) is 2.93. The number of carboxylic acids is 1. The summed E-state index contributed by atoms with van der Waals surface area (Å²) < 4.78 is 0. The fourth-order valence-electron chi connectivity index (χ4n) is 0. The van der Waals surface area contributed by atoms with E-state index in [1.165, 1.54) is 0 Å². The Morgan fingerprint density at radius 1 is 1.50 bits per heavy atom. The molecule has 0 bridgehead atoms. The van der Waals surface area contributed by atoms with Gasteiger partial charge in [-0.25, -0.2) is 4.79 Å². The molecule has 3 N–H and O–H groups in total. The topological polar surface area (TPSA) is 97.5 Å². The minimum atomic E-state index is -1.16. The average Bonchev–Trinajstić information content (AvgIpc) is 1.72. The van der Waals surface area contributed by atoms with E-state index in [1.54, 1.807) is 0 Å². The molecule has 0 rings (SSSR count). The van der Waals surface area contributed by atoms with Crippen molar-refractivity contribution >= 4 is 5.97 Å². The second kappa shape index (κ2) is 5.61. The van der Waals surface area contributed by atoms with Crippen molar-refractivity contribution in [3.8, 4) is 0 Å². The summed E-state index contributed by atoms with van der Waals surface area (Å²) in [6, 6.07) is 0. The number of hydrogen-bond acceptors (Lipinski definition) is 4. The maximum absolute atomic E-state index is 9.47. The molecule has 5 heteroatoms. The lowest BCUT2D eigenvalue weighted by Gasteiger charge is -1.81. The van der Waals surface area contributed by atoms with Crippen molar-refractivity contribution in [2.75, 3.05) is 0 Å². The van der Waals surface area contributed by atoms with Gasteiger partial charge in [0.25, 0.3) is 0 Å². The summed E-state index contributed by atoms with van der Waals surface area (Å²) in [5.74, 6) is -1.16. The van der Waals surface area contributed by atoms with E-state index in [0.717, 1.165) is 0 Å². The van der Waals surface area contributed by atoms with Crippen LogP contribution in [0.3, 0.4) is 0 Å². The number of rotatable bonds is 1. The van der Waals surface area contributed by atoms with Gasteiger partial charge in [0, 0.05) is 9.93 Å². The SMILES string of the molecule is C=C(N)C(=O)O.O=O. The molecule has 0 spiro atoms. The Labute approximate surface area is 45.0 Å². The van der Waals surface area contributed by atoms with Gasteiger partial charge in [0.15, 0.2) is 0 Å². The van der Waals surface area contributed by atoms with Crippen LogP contribution in [0.25, 0.3) is 0 Å². The lowest BCUT2D eigenvalue weighted by molar-refractivity contribution is -0.132. The summed E-state index contributed by atoms with van der Waals surface area (Å²) in [6.07, 6.45) is 0. The second-order valence-electron chi connectivity index (χ2n) is 0.830. The van der Waals surface area contributed by atoms with Crippen molar-refractivity contribution in [3.63, 3.8) is 0 Å². The number of nitrogens with two attached hydrogens (primary N) is 1. The summed E-state index contributed by atoms with van der Waals surface area (Å²) >= 11 is 0. The highest BCUT2D eigenvalue weighted by atomic mass is 16.7. The van der Waals surface area contributed by atoms with E-state index in [0.29, 0.717) is 0 Å². The van der Waals surface area contributed by atoms with Gasteiger partial charge in [-0.3, -0.25) is 0 Å². The number of carbonyl (C=O) groups is 1. The van der Waals surface area contributed by atoms with Gasteiger partial charge in [0.05, 0.1) is 0 Å². The maximum atomic E-state index is 9.47. The van der Waals surface area contributed by atoms with Crippen LogP contribution in [0.1, 0.15) is 0 Å². The van der Waals surface area contributed by atoms with Gasteiger partial charge in [-0.15, -0.1) is 0 Å². The molecule has 0 atom stereocenters. The molecule has 0 aromatic carbocycles. The van der Waals surface area contributed by atoms with E-state index in [4.69, 9.17) is 15.0 Å². The molecule has 0 heterocycles. The predicted molar refractivity (Wildman–Crippen MR) is 27.7 cm³/mol. The zero-order chi connectivity index (χ0) is 7.15. The minimum absolute atomic E-state index is 0.324. The van der Waals surface area contributed by atoms with Crippen LogP contribution in [0.4, 0.5) is 0 Å². The smallest absolute Gasteiger partial charge is 0.351 e. The Balaban J connectivity index is 0. The quantitative estimate of drug-likeness (QED) is 0.458. The van der Waals surface area contributed by atoms with E-state index >= 15 is 0 Å². The summed E-state index contributed by atoms with van der Waals surface area (Å²) in [4.78, 5) is 23.5. The maximum Gasteiger partial charge on any atom is 0.351 e. The fourth-order valence-corrected chi connectivity index (χ4v) is 0. The highest BCUT2D eigenvalue weighted by Crippen LogP contribution is 1.69. The Hall–Kier alpha value is -1.39. The van der Waals surface area contributed by atoms with Crippen molar-refractivity contribution in [1.29, 1.82) is 0 Å². The van der Waals surface area contributed by atoms with Gasteiger partial charge in [-0.1, -0.05) is 6.58 Å². The van der Waals surface area contributed by atoms with E-state index < -0.39 is 5.97 Å². The average molecular weight is 119 g/mol. The van der Waals surface area contributed by atoms with Crippen molar-refractivity contribution in [2.45, 2.75) is 0 Å². The van der Waals surface area contributed by atoms with E-state index in [9.17, 15) is 4.79 Å². The highest BCUT2D eigenvalue weighted by molar-refractivity contribution is 5.84. The van der Waals surface area contributed by atoms with Gasteiger partial charge < -0.3 is 10.8 Å². The largest absolute Gasteiger partial charge is 0.477 e. The van der Waals surface area contributed by atoms with Crippen LogP contribution in [0.2, 0.25) is 0 Å². The van der Waals surface area contributed by atoms with Gasteiger partial charge in [0.1, 0.15) is 5.70 Å². The number of aliphatic carboxylic acids is 1. The third-order valence-electron chi connectivity index (χ3n) is 0.275. The Morgan fingerprint density at radius 2 is 1.62 bits per heavy atom. The number of hydrogen-bond donors (Lipinski definition) is 2. The van der Waals surface area contributed by atoms with Gasteiger partial charge >= 0.3 is 5.97 Å². The van der Waals surface area contributed by atoms with Crippen molar-refractivity contribution < 1.29 is 9.90 Å². The van der Waals surface area contributed by atoms with Gasteiger partial charge in [-0.2, -0.15) is 0 Å². The summed E-state index contributed by atoms with van der Waals surface area (Å²) in [5, 5.41) is 7.77. The zero-order valence-electron chi connectivity index (χ0n) is 3.96. The molecule has 8 heavy (non-hydrogen) atoms. The molecule has 5 nitrogen and oxygen atoms in total. The van der Waals surface area contributed by atoms with E-state index in [1.807, 2.05) is 0 Å². The van der Waals surface area contributed by atoms with Gasteiger partial charge in [-0.05, 0) is 0 Å². The molecule has 0 aliphatic rings. The zero-order valence-corrected chi connectivity index (χ0v) is 3.96. The van der Waals surface area contributed by atoms with E-state index in [-0.39, 0.29) is 5.70 Å². The van der Waals surface area contributed by atoms with Gasteiger partial charge in [0.2, 0.25) is 0 Å². The van der Waals surface area contributed by atoms with Crippen LogP contribution in [0.15, 0.2) is 12.3 Å². The molecule has 0 aromatic heterocycles. The molecular formula is C3H5NO4. The lowest BCUT2D eigenvalue weighted by Crippen LogP contribution is -2.06. The lowest BCUT2D eigenvalue weighted by atomic mass is 10.5. The predicted octanol–water partition coefficient (Wildman–Crippen LogP) is -0.390. The third kappa shape index (κ3) is 8.82. The van der Waals surface area contributed by atoms with E-state index in [2.05, 4.69) is 12.3 Å². The summed E-state index contributed by atoms with van der Waals surface area (Å²) in [5.41, 5.74) is 4.32. The minimum Gasteiger partial charge on any atom is -0.477 e. The number of carboxylic acid groups (broad SMARTS) is 1. The highest BCUT2D eigenvalue weighted by Gasteiger charge is 1.91. The molecular weight excluding hydrogens is 114 g/mol. The molecule has 0 aliphatic heterocycles. The Bertz CT molecular complexity index is 87.5. The molecule has 0 amide bonds. The molecule has 0 aromatic rings. The standard InChI is InChI=1S/C3H5NO2.O2/c1-2(4)3(5)6;1-2/h1,4H2,(H,5,6);. The van der Waals surface area contributed by atoms with Crippen LogP contribution in [-0.4, -0.2) is 11.1 Å². The molecule has 0 saturated carbocycles. The third-order valence-corrected chi connectivity index (χ3v) is 0.275. The fraction of sp³-hybridized carbons (Fsp3) is 0. The van der Waals surface area contributed by atoms with Crippen LogP contribution in [0, 0.1) is 9.93 Å². The first-order chi connectivity index (χ1) is 3.64. The second-order valence-corrected chi connectivity index (χ2v) is 0.830. The molecule has 0 unspecified atom stereocenters. The van der Waals surface area contributed by atoms with Crippen molar-refractivity contribution in [3.05, 3.63) is 22.2 Å². The van der Waals surface area contributed by atoms with Crippen LogP contribution in [-0.2, 0) is 4.79 Å². The summed E-state index contributed by atoms with van der Waals surface area (Å²) in [7, 11) is 0. The van der Waals surface area contributed by atoms with Crippen LogP contribution >= 0.6 is 0 Å². The molecule has 0 saturated heterocycles. The molecule has 0 aliphatic carbocycles. The molecule has 46 valence electrons. The molecule has 0 radical (unpaired) electrons.